The molecule has 0 unspecified atom stereocenters. The first-order valence-electron chi connectivity index (χ1n) is 14.1. The van der Waals surface area contributed by atoms with Crippen molar-refractivity contribution in [3.63, 3.8) is 0 Å². The number of benzene rings is 2. The highest BCUT2D eigenvalue weighted by Crippen LogP contribution is 2.36. The minimum atomic E-state index is -4.48. The van der Waals surface area contributed by atoms with E-state index in [1.807, 2.05) is 0 Å². The number of thiazole rings is 1. The zero-order valence-electron chi connectivity index (χ0n) is 25.6. The second-order valence-corrected chi connectivity index (χ2v) is 14.6. The number of sulfonamides is 1. The molecular formula is C30H38ClFN4O6S2. The number of hydrogen-bond acceptors (Lipinski definition) is 9. The van der Waals surface area contributed by atoms with E-state index in [1.165, 1.54) is 20.4 Å². The Hall–Kier alpha value is -3.29. The highest BCUT2D eigenvalue weighted by Gasteiger charge is 2.35. The summed E-state index contributed by atoms with van der Waals surface area (Å²) < 4.78 is 61.1. The third kappa shape index (κ3) is 7.67. The molecule has 1 aliphatic rings. The van der Waals surface area contributed by atoms with Gasteiger partial charge in [0.1, 0.15) is 27.8 Å². The highest BCUT2D eigenvalue weighted by molar-refractivity contribution is 7.93. The van der Waals surface area contributed by atoms with Crippen LogP contribution in [0.1, 0.15) is 52.0 Å². The molecule has 1 aromatic heterocycles. The number of carbonyl (C=O) groups excluding carboxylic acids is 1. The van der Waals surface area contributed by atoms with Crippen molar-refractivity contribution in [3.05, 3.63) is 58.3 Å². The lowest BCUT2D eigenvalue weighted by molar-refractivity contribution is 0.0175. The fraction of sp³-hybridized carbons (Fsp3) is 0.467. The number of anilines is 2. The number of ether oxygens (including phenoxy) is 3. The standard InChI is InChI=1S/C30H38ClFN4O6S2/c1-30(2,3)42-29(37)35(4)25-10-8-7-9-23(25)34-24-17-22(32)27(16-21(24)31)44(38,39)36(28-33-13-14-43-28)18-19-11-12-20(40-5)15-26(19)41-6/h11-17,23,25,34H,7-10,18H2,1-6H3/t23-,25+/m1/s1. The number of aromatic nitrogens is 1. The van der Waals surface area contributed by atoms with Crippen LogP contribution in [0.4, 0.5) is 20.0 Å². The summed E-state index contributed by atoms with van der Waals surface area (Å²) in [5.41, 5.74) is 0.103. The molecule has 14 heteroatoms. The van der Waals surface area contributed by atoms with Gasteiger partial charge in [0.25, 0.3) is 10.0 Å². The number of carbonyl (C=O) groups is 1. The van der Waals surface area contributed by atoms with Crippen molar-refractivity contribution < 1.29 is 31.8 Å². The molecule has 0 aliphatic heterocycles. The summed E-state index contributed by atoms with van der Waals surface area (Å²) in [6.45, 7) is 5.23. The summed E-state index contributed by atoms with van der Waals surface area (Å²) in [5.74, 6) is -0.0433. The molecule has 44 heavy (non-hydrogen) atoms. The van der Waals surface area contributed by atoms with Gasteiger partial charge in [0.2, 0.25) is 0 Å². The predicted molar refractivity (Wildman–Crippen MR) is 170 cm³/mol. The molecule has 240 valence electrons. The Labute approximate surface area is 267 Å². The van der Waals surface area contributed by atoms with Crippen LogP contribution in [0.3, 0.4) is 0 Å². The van der Waals surface area contributed by atoms with Crippen molar-refractivity contribution in [2.45, 2.75) is 75.6 Å². The fourth-order valence-electron chi connectivity index (χ4n) is 5.10. The van der Waals surface area contributed by atoms with Gasteiger partial charge in [0.05, 0.1) is 37.5 Å². The molecule has 2 aromatic carbocycles. The lowest BCUT2D eigenvalue weighted by Gasteiger charge is -2.39. The Bertz CT molecular complexity index is 1570. The average Bonchev–Trinajstić information content (AvgIpc) is 3.51. The maximum absolute atomic E-state index is 15.8. The Kier molecular flexibility index (Phi) is 10.5. The molecule has 1 saturated carbocycles. The van der Waals surface area contributed by atoms with Gasteiger partial charge < -0.3 is 24.4 Å². The third-order valence-corrected chi connectivity index (χ3v) is 10.3. The predicted octanol–water partition coefficient (Wildman–Crippen LogP) is 6.94. The second kappa shape index (κ2) is 13.8. The summed E-state index contributed by atoms with van der Waals surface area (Å²) in [7, 11) is 0.181. The molecule has 2 atom stereocenters. The zero-order valence-corrected chi connectivity index (χ0v) is 28.0. The number of rotatable bonds is 10. The summed E-state index contributed by atoms with van der Waals surface area (Å²) in [6, 6.07) is 6.70. The van der Waals surface area contributed by atoms with E-state index >= 15 is 4.39 Å². The van der Waals surface area contributed by atoms with Crippen LogP contribution >= 0.6 is 22.9 Å². The molecule has 0 saturated heterocycles. The Morgan fingerprint density at radius 1 is 1.16 bits per heavy atom. The SMILES string of the molecule is COc1ccc(CN(c2nccs2)S(=O)(=O)c2cc(Cl)c(N[C@@H]3CCCC[C@@H]3N(C)C(=O)OC(C)(C)C)cc2F)c(OC)c1. The molecule has 4 rings (SSSR count). The van der Waals surface area contributed by atoms with Crippen LogP contribution < -0.4 is 19.1 Å². The maximum Gasteiger partial charge on any atom is 0.410 e. The van der Waals surface area contributed by atoms with Gasteiger partial charge in [-0.25, -0.2) is 26.9 Å². The Balaban J connectivity index is 1.64. The molecule has 3 aromatic rings. The number of hydrogen-bond donors (Lipinski definition) is 1. The van der Waals surface area contributed by atoms with E-state index in [0.29, 0.717) is 23.5 Å². The Morgan fingerprint density at radius 3 is 2.52 bits per heavy atom. The smallest absolute Gasteiger partial charge is 0.410 e. The molecule has 0 bridgehead atoms. The van der Waals surface area contributed by atoms with Crippen LogP contribution in [-0.4, -0.2) is 63.3 Å². The van der Waals surface area contributed by atoms with E-state index < -0.39 is 32.4 Å². The first-order valence-corrected chi connectivity index (χ1v) is 16.8. The van der Waals surface area contributed by atoms with E-state index in [0.717, 1.165) is 47.0 Å². The van der Waals surface area contributed by atoms with Gasteiger partial charge in [0, 0.05) is 36.3 Å². The average molecular weight is 669 g/mol. The van der Waals surface area contributed by atoms with Crippen LogP contribution in [-0.2, 0) is 21.3 Å². The monoisotopic (exact) mass is 668 g/mol. The number of halogens is 2. The van der Waals surface area contributed by atoms with Gasteiger partial charge in [-0.1, -0.05) is 24.4 Å². The summed E-state index contributed by atoms with van der Waals surface area (Å²) in [4.78, 5) is 18.0. The van der Waals surface area contributed by atoms with Crippen molar-refractivity contribution in [1.82, 2.24) is 9.88 Å². The minimum absolute atomic E-state index is 0.0235. The Morgan fingerprint density at radius 2 is 1.89 bits per heavy atom. The number of nitrogens with one attached hydrogen (secondary N) is 1. The first kappa shape index (κ1) is 33.6. The first-order chi connectivity index (χ1) is 20.7. The molecule has 0 radical (unpaired) electrons. The van der Waals surface area contributed by atoms with E-state index in [-0.39, 0.29) is 34.5 Å². The fourth-order valence-corrected chi connectivity index (χ4v) is 7.72. The van der Waals surface area contributed by atoms with E-state index in [4.69, 9.17) is 25.8 Å². The molecule has 10 nitrogen and oxygen atoms in total. The van der Waals surface area contributed by atoms with Gasteiger partial charge in [-0.2, -0.15) is 0 Å². The number of amides is 1. The minimum Gasteiger partial charge on any atom is -0.497 e. The van der Waals surface area contributed by atoms with Gasteiger partial charge in [0.15, 0.2) is 5.13 Å². The summed E-state index contributed by atoms with van der Waals surface area (Å²) in [5, 5.41) is 5.08. The van der Waals surface area contributed by atoms with Crippen LogP contribution in [0.15, 0.2) is 46.8 Å². The quantitative estimate of drug-likeness (QED) is 0.248. The van der Waals surface area contributed by atoms with E-state index in [2.05, 4.69) is 10.3 Å². The van der Waals surface area contributed by atoms with Crippen LogP contribution in [0.2, 0.25) is 5.02 Å². The topological polar surface area (TPSA) is 110 Å². The molecule has 0 spiro atoms. The van der Waals surface area contributed by atoms with Crippen molar-refractivity contribution >= 4 is 49.9 Å². The summed E-state index contributed by atoms with van der Waals surface area (Å²) in [6.07, 6.45) is 4.26. The van der Waals surface area contributed by atoms with Gasteiger partial charge >= 0.3 is 6.09 Å². The van der Waals surface area contributed by atoms with Crippen LogP contribution in [0.5, 0.6) is 11.5 Å². The second-order valence-electron chi connectivity index (χ2n) is 11.5. The zero-order chi connectivity index (χ0) is 32.2. The molecular weight excluding hydrogens is 631 g/mol. The van der Waals surface area contributed by atoms with Crippen molar-refractivity contribution in [1.29, 1.82) is 0 Å². The number of nitrogens with zero attached hydrogens (tertiary/aromatic N) is 3. The van der Waals surface area contributed by atoms with Crippen LogP contribution in [0.25, 0.3) is 0 Å². The molecule has 1 heterocycles. The molecule has 1 fully saturated rings. The van der Waals surface area contributed by atoms with Crippen molar-refractivity contribution in [3.8, 4) is 11.5 Å². The largest absolute Gasteiger partial charge is 0.497 e. The third-order valence-electron chi connectivity index (χ3n) is 7.28. The summed E-state index contributed by atoms with van der Waals surface area (Å²) >= 11 is 7.71. The lowest BCUT2D eigenvalue weighted by Crippen LogP contribution is -2.50. The highest BCUT2D eigenvalue weighted by atomic mass is 35.5. The van der Waals surface area contributed by atoms with E-state index in [1.54, 1.807) is 56.3 Å². The van der Waals surface area contributed by atoms with Gasteiger partial charge in [-0.15, -0.1) is 11.3 Å². The van der Waals surface area contributed by atoms with E-state index in [9.17, 15) is 13.2 Å². The van der Waals surface area contributed by atoms with Gasteiger partial charge in [-0.3, -0.25) is 0 Å². The van der Waals surface area contributed by atoms with Crippen molar-refractivity contribution in [2.75, 3.05) is 30.9 Å². The molecule has 1 N–H and O–H groups in total. The number of methoxy groups -OCH3 is 2. The molecule has 1 aliphatic carbocycles. The molecule has 1 amide bonds. The van der Waals surface area contributed by atoms with Gasteiger partial charge in [-0.05, 0) is 57.9 Å². The number of likely N-dealkylation sites (N-methyl/N-ethyl adjacent to an activating group) is 1. The lowest BCUT2D eigenvalue weighted by atomic mass is 9.89. The van der Waals surface area contributed by atoms with Crippen molar-refractivity contribution in [2.24, 2.45) is 0 Å². The maximum atomic E-state index is 15.8. The normalized spacial score (nSPS) is 17.1. The van der Waals surface area contributed by atoms with Crippen LogP contribution in [0, 0.1) is 5.82 Å².